The molecule has 1 saturated heterocycles. The fraction of sp³-hybridized carbons (Fsp3) is 0.750. The second kappa shape index (κ2) is 3.61. The first-order chi connectivity index (χ1) is 5.19. The van der Waals surface area contributed by atoms with Crippen LogP contribution in [0.5, 0.6) is 0 Å². The monoisotopic (exact) mass is 174 g/mol. The third kappa shape index (κ3) is 1.98. The van der Waals surface area contributed by atoms with Gasteiger partial charge in [0.2, 0.25) is 0 Å². The molecule has 1 rings (SSSR count). The van der Waals surface area contributed by atoms with Crippen LogP contribution in [0, 0.1) is 0 Å². The lowest BCUT2D eigenvalue weighted by Gasteiger charge is -2.24. The van der Waals surface area contributed by atoms with E-state index in [0.29, 0.717) is 13.2 Å². The van der Waals surface area contributed by atoms with Gasteiger partial charge in [-0.1, -0.05) is 6.58 Å². The summed E-state index contributed by atoms with van der Waals surface area (Å²) in [6.45, 7) is 7.23. The first-order valence-electron chi connectivity index (χ1n) is 3.64. The van der Waals surface area contributed by atoms with Crippen LogP contribution in [0.3, 0.4) is 0 Å². The zero-order valence-corrected chi connectivity index (χ0v) is 7.87. The summed E-state index contributed by atoms with van der Waals surface area (Å²) >= 11 is 1.74. The molecule has 1 aliphatic heterocycles. The fourth-order valence-electron chi connectivity index (χ4n) is 1.02. The van der Waals surface area contributed by atoms with Gasteiger partial charge in [0.05, 0.1) is 13.2 Å². The summed E-state index contributed by atoms with van der Waals surface area (Å²) in [5.74, 6) is 0.388. The van der Waals surface area contributed by atoms with E-state index in [1.807, 2.05) is 13.2 Å². The Morgan fingerprint density at radius 1 is 1.55 bits per heavy atom. The summed E-state index contributed by atoms with van der Waals surface area (Å²) in [6.07, 6.45) is 2.05. The largest absolute Gasteiger partial charge is 0.344 e. The van der Waals surface area contributed by atoms with Gasteiger partial charge in [-0.3, -0.25) is 0 Å². The maximum absolute atomic E-state index is 5.42. The van der Waals surface area contributed by atoms with E-state index in [9.17, 15) is 0 Å². The van der Waals surface area contributed by atoms with Gasteiger partial charge in [0.1, 0.15) is 0 Å². The molecule has 3 heteroatoms. The summed E-state index contributed by atoms with van der Waals surface area (Å²) in [7, 11) is 0. The molecule has 0 spiro atoms. The molecule has 64 valence electrons. The Balaban J connectivity index is 2.49. The van der Waals surface area contributed by atoms with Crippen LogP contribution in [0.4, 0.5) is 0 Å². The first kappa shape index (κ1) is 9.10. The lowest BCUT2D eigenvalue weighted by Crippen LogP contribution is -2.28. The van der Waals surface area contributed by atoms with E-state index in [-0.39, 0.29) is 0 Å². The Labute approximate surface area is 71.9 Å². The minimum absolute atomic E-state index is 0.511. The van der Waals surface area contributed by atoms with Crippen molar-refractivity contribution in [1.29, 1.82) is 0 Å². The number of rotatable bonds is 3. The van der Waals surface area contributed by atoms with Crippen molar-refractivity contribution < 1.29 is 9.47 Å². The average Bonchev–Trinajstić information content (AvgIpc) is 2.38. The molecule has 1 heterocycles. The van der Waals surface area contributed by atoms with Crippen LogP contribution in [0.15, 0.2) is 12.2 Å². The Kier molecular flexibility index (Phi) is 2.98. The van der Waals surface area contributed by atoms with Crippen molar-refractivity contribution in [3.8, 4) is 0 Å². The van der Waals surface area contributed by atoms with Crippen LogP contribution in [0.2, 0.25) is 0 Å². The van der Waals surface area contributed by atoms with Gasteiger partial charge >= 0.3 is 0 Å². The van der Waals surface area contributed by atoms with Crippen molar-refractivity contribution >= 4 is 11.8 Å². The standard InChI is InChI=1S/C8H14O2S/c1-7(6-11-3)8(2)9-4-5-10-8/h1,4-6H2,2-3H3. The Bertz CT molecular complexity index is 150. The van der Waals surface area contributed by atoms with Gasteiger partial charge in [-0.25, -0.2) is 0 Å². The molecule has 1 aliphatic rings. The molecule has 0 aromatic heterocycles. The van der Waals surface area contributed by atoms with Crippen molar-refractivity contribution in [2.75, 3.05) is 25.2 Å². The Morgan fingerprint density at radius 2 is 2.09 bits per heavy atom. The molecular weight excluding hydrogens is 160 g/mol. The molecule has 0 bridgehead atoms. The number of thioether (sulfide) groups is 1. The van der Waals surface area contributed by atoms with Gasteiger partial charge in [0, 0.05) is 5.75 Å². The smallest absolute Gasteiger partial charge is 0.188 e. The zero-order chi connectivity index (χ0) is 8.32. The zero-order valence-electron chi connectivity index (χ0n) is 7.05. The van der Waals surface area contributed by atoms with E-state index in [0.717, 1.165) is 11.3 Å². The fourth-order valence-corrected chi connectivity index (χ4v) is 1.63. The minimum Gasteiger partial charge on any atom is -0.344 e. The molecule has 1 fully saturated rings. The van der Waals surface area contributed by atoms with Crippen LogP contribution in [-0.4, -0.2) is 31.0 Å². The normalized spacial score (nSPS) is 22.0. The SMILES string of the molecule is C=C(CSC)C1(C)OCCO1. The van der Waals surface area contributed by atoms with E-state index in [1.165, 1.54) is 0 Å². The number of hydrogen-bond donors (Lipinski definition) is 0. The lowest BCUT2D eigenvalue weighted by molar-refractivity contribution is -0.109. The van der Waals surface area contributed by atoms with Crippen LogP contribution >= 0.6 is 11.8 Å². The van der Waals surface area contributed by atoms with Crippen molar-refractivity contribution in [2.45, 2.75) is 12.7 Å². The highest BCUT2D eigenvalue weighted by Crippen LogP contribution is 2.27. The summed E-state index contributed by atoms with van der Waals surface area (Å²) in [4.78, 5) is 0. The lowest BCUT2D eigenvalue weighted by atomic mass is 10.2. The maximum atomic E-state index is 5.42. The van der Waals surface area contributed by atoms with Gasteiger partial charge in [-0.05, 0) is 18.8 Å². The van der Waals surface area contributed by atoms with E-state index >= 15 is 0 Å². The molecule has 0 aromatic carbocycles. The molecule has 11 heavy (non-hydrogen) atoms. The highest BCUT2D eigenvalue weighted by molar-refractivity contribution is 7.98. The molecular formula is C8H14O2S. The average molecular weight is 174 g/mol. The molecule has 0 N–H and O–H groups in total. The Hall–Kier alpha value is 0.01000. The summed E-state index contributed by atoms with van der Waals surface area (Å²) in [6, 6.07) is 0. The van der Waals surface area contributed by atoms with E-state index < -0.39 is 5.79 Å². The minimum atomic E-state index is -0.511. The highest BCUT2D eigenvalue weighted by atomic mass is 32.2. The maximum Gasteiger partial charge on any atom is 0.188 e. The van der Waals surface area contributed by atoms with E-state index in [2.05, 4.69) is 6.58 Å². The van der Waals surface area contributed by atoms with Gasteiger partial charge < -0.3 is 9.47 Å². The molecule has 2 nitrogen and oxygen atoms in total. The summed E-state index contributed by atoms with van der Waals surface area (Å²) < 4.78 is 10.8. The van der Waals surface area contributed by atoms with Gasteiger partial charge in [0.25, 0.3) is 0 Å². The second-order valence-electron chi connectivity index (χ2n) is 2.68. The number of ether oxygens (including phenoxy) is 2. The molecule has 0 atom stereocenters. The van der Waals surface area contributed by atoms with Gasteiger partial charge in [-0.2, -0.15) is 11.8 Å². The Morgan fingerprint density at radius 3 is 2.55 bits per heavy atom. The molecule has 0 unspecified atom stereocenters. The quantitative estimate of drug-likeness (QED) is 0.606. The molecule has 0 saturated carbocycles. The topological polar surface area (TPSA) is 18.5 Å². The van der Waals surface area contributed by atoms with E-state index in [1.54, 1.807) is 11.8 Å². The third-order valence-electron chi connectivity index (χ3n) is 1.80. The van der Waals surface area contributed by atoms with Crippen LogP contribution in [0.25, 0.3) is 0 Å². The molecule has 0 radical (unpaired) electrons. The predicted octanol–water partition coefficient (Wildman–Crippen LogP) is 1.67. The highest BCUT2D eigenvalue weighted by Gasteiger charge is 2.33. The molecule has 0 aliphatic carbocycles. The second-order valence-corrected chi connectivity index (χ2v) is 3.55. The first-order valence-corrected chi connectivity index (χ1v) is 5.03. The van der Waals surface area contributed by atoms with Crippen molar-refractivity contribution in [2.24, 2.45) is 0 Å². The van der Waals surface area contributed by atoms with Gasteiger partial charge in [0.15, 0.2) is 5.79 Å². The van der Waals surface area contributed by atoms with Crippen molar-refractivity contribution in [3.05, 3.63) is 12.2 Å². The number of hydrogen-bond acceptors (Lipinski definition) is 3. The third-order valence-corrected chi connectivity index (χ3v) is 2.44. The van der Waals surface area contributed by atoms with Crippen LogP contribution in [-0.2, 0) is 9.47 Å². The van der Waals surface area contributed by atoms with Crippen molar-refractivity contribution in [1.82, 2.24) is 0 Å². The molecule has 0 amide bonds. The van der Waals surface area contributed by atoms with Gasteiger partial charge in [-0.15, -0.1) is 0 Å². The van der Waals surface area contributed by atoms with E-state index in [4.69, 9.17) is 9.47 Å². The summed E-state index contributed by atoms with van der Waals surface area (Å²) in [5, 5.41) is 0. The predicted molar refractivity (Wildman–Crippen MR) is 47.8 cm³/mol. The van der Waals surface area contributed by atoms with Crippen molar-refractivity contribution in [3.63, 3.8) is 0 Å². The summed E-state index contributed by atoms with van der Waals surface area (Å²) in [5.41, 5.74) is 1.02. The van der Waals surface area contributed by atoms with Crippen LogP contribution in [0.1, 0.15) is 6.92 Å². The molecule has 0 aromatic rings. The van der Waals surface area contributed by atoms with Crippen LogP contribution < -0.4 is 0 Å².